The van der Waals surface area contributed by atoms with Crippen molar-refractivity contribution in [3.63, 3.8) is 0 Å². The number of carbonyl (C=O) groups is 1. The Bertz CT molecular complexity index is 1070. The number of aryl methyl sites for hydroxylation is 1. The molecule has 0 saturated heterocycles. The molecule has 0 aliphatic heterocycles. The number of carbonyl (C=O) groups excluding carboxylic acids is 1. The predicted octanol–water partition coefficient (Wildman–Crippen LogP) is 4.10. The summed E-state index contributed by atoms with van der Waals surface area (Å²) in [5.41, 5.74) is 3.53. The highest BCUT2D eigenvalue weighted by molar-refractivity contribution is 7.92. The highest BCUT2D eigenvalue weighted by atomic mass is 32.2. The lowest BCUT2D eigenvalue weighted by Gasteiger charge is -2.06. The van der Waals surface area contributed by atoms with E-state index in [4.69, 9.17) is 4.74 Å². The number of esters is 1. The van der Waals surface area contributed by atoms with Crippen molar-refractivity contribution in [2.24, 2.45) is 0 Å². The van der Waals surface area contributed by atoms with E-state index >= 15 is 0 Å². The summed E-state index contributed by atoms with van der Waals surface area (Å²) in [6.45, 7) is 2.16. The van der Waals surface area contributed by atoms with E-state index in [1.54, 1.807) is 18.2 Å². The summed E-state index contributed by atoms with van der Waals surface area (Å²) < 4.78 is 30.3. The lowest BCUT2D eigenvalue weighted by Crippen LogP contribution is -2.11. The minimum atomic E-state index is -3.41. The number of hydrogen-bond acceptors (Lipinski definition) is 6. The molecule has 0 bridgehead atoms. The monoisotopic (exact) mass is 416 g/mol. The van der Waals surface area contributed by atoms with Gasteiger partial charge in [0, 0.05) is 16.6 Å². The second-order valence-corrected chi connectivity index (χ2v) is 8.83. The molecule has 0 aliphatic carbocycles. The van der Waals surface area contributed by atoms with Gasteiger partial charge in [0.1, 0.15) is 11.6 Å². The van der Waals surface area contributed by atoms with Crippen molar-refractivity contribution in [3.05, 3.63) is 70.7 Å². The zero-order valence-corrected chi connectivity index (χ0v) is 17.1. The van der Waals surface area contributed by atoms with Crippen LogP contribution >= 0.6 is 11.3 Å². The molecule has 0 spiro atoms. The van der Waals surface area contributed by atoms with E-state index in [0.29, 0.717) is 11.4 Å². The van der Waals surface area contributed by atoms with Gasteiger partial charge in [-0.1, -0.05) is 37.3 Å². The molecule has 0 unspecified atom stereocenters. The van der Waals surface area contributed by atoms with Gasteiger partial charge in [0.15, 0.2) is 0 Å². The third-order valence-corrected chi connectivity index (χ3v) is 5.46. The fraction of sp³-hybridized carbons (Fsp3) is 0.200. The number of benzene rings is 2. The Morgan fingerprint density at radius 1 is 1.18 bits per heavy atom. The molecule has 3 aromatic rings. The molecule has 3 rings (SSSR count). The van der Waals surface area contributed by atoms with Crippen LogP contribution in [0.25, 0.3) is 10.6 Å². The molecule has 0 aliphatic rings. The van der Waals surface area contributed by atoms with Gasteiger partial charge in [-0.15, -0.1) is 11.3 Å². The summed E-state index contributed by atoms with van der Waals surface area (Å²) in [5, 5.41) is 2.73. The van der Waals surface area contributed by atoms with Gasteiger partial charge in [0.05, 0.1) is 17.5 Å². The number of sulfonamides is 1. The summed E-state index contributed by atoms with van der Waals surface area (Å²) in [7, 11) is -3.41. The Balaban J connectivity index is 1.63. The van der Waals surface area contributed by atoms with Crippen LogP contribution in [-0.2, 0) is 27.8 Å². The third-order valence-electron chi connectivity index (χ3n) is 3.91. The minimum absolute atomic E-state index is 0.0477. The Hall–Kier alpha value is -2.71. The molecule has 146 valence electrons. The molecule has 0 radical (unpaired) electrons. The first-order chi connectivity index (χ1) is 13.3. The van der Waals surface area contributed by atoms with Crippen molar-refractivity contribution in [1.82, 2.24) is 4.98 Å². The zero-order valence-electron chi connectivity index (χ0n) is 15.5. The molecule has 0 saturated carbocycles. The van der Waals surface area contributed by atoms with Crippen molar-refractivity contribution in [3.8, 4) is 10.6 Å². The Morgan fingerprint density at radius 3 is 2.61 bits per heavy atom. The SMILES string of the molecule is CCc1ccc(-c2nc(COC(=O)c3cccc(NS(C)(=O)=O)c3)cs2)cc1. The molecule has 28 heavy (non-hydrogen) atoms. The standard InChI is InChI=1S/C20H20N2O4S2/c1-3-14-7-9-15(10-8-14)19-21-18(13-27-19)12-26-20(23)16-5-4-6-17(11-16)22-28(2,24)25/h4-11,13,22H,3,12H2,1-2H3. The largest absolute Gasteiger partial charge is 0.456 e. The molecule has 8 heteroatoms. The maximum atomic E-state index is 12.3. The van der Waals surface area contributed by atoms with Crippen LogP contribution < -0.4 is 4.72 Å². The van der Waals surface area contributed by atoms with E-state index in [0.717, 1.165) is 23.2 Å². The van der Waals surface area contributed by atoms with Crippen LogP contribution in [0.1, 0.15) is 28.5 Å². The maximum absolute atomic E-state index is 12.3. The number of rotatable bonds is 7. The Morgan fingerprint density at radius 2 is 1.93 bits per heavy atom. The van der Waals surface area contributed by atoms with Crippen LogP contribution in [0.15, 0.2) is 53.9 Å². The van der Waals surface area contributed by atoms with Crippen molar-refractivity contribution in [1.29, 1.82) is 0 Å². The summed E-state index contributed by atoms with van der Waals surface area (Å²) in [5.74, 6) is -0.543. The van der Waals surface area contributed by atoms with Crippen molar-refractivity contribution >= 4 is 33.0 Å². The van der Waals surface area contributed by atoms with Crippen molar-refractivity contribution in [2.45, 2.75) is 20.0 Å². The van der Waals surface area contributed by atoms with E-state index in [1.165, 1.54) is 23.0 Å². The molecule has 1 N–H and O–H groups in total. The summed E-state index contributed by atoms with van der Waals surface area (Å²) in [4.78, 5) is 16.8. The third kappa shape index (κ3) is 5.40. The lowest BCUT2D eigenvalue weighted by atomic mass is 10.1. The fourth-order valence-corrected chi connectivity index (χ4v) is 3.90. The smallest absolute Gasteiger partial charge is 0.338 e. The van der Waals surface area contributed by atoms with E-state index in [2.05, 4.69) is 28.8 Å². The molecule has 1 aromatic heterocycles. The number of aromatic nitrogens is 1. The van der Waals surface area contributed by atoms with Gasteiger partial charge in [-0.3, -0.25) is 4.72 Å². The van der Waals surface area contributed by atoms with Crippen LogP contribution in [0.3, 0.4) is 0 Å². The van der Waals surface area contributed by atoms with Gasteiger partial charge < -0.3 is 4.74 Å². The summed E-state index contributed by atoms with van der Waals surface area (Å²) >= 11 is 1.49. The number of thiazole rings is 1. The second-order valence-electron chi connectivity index (χ2n) is 6.23. The van der Waals surface area contributed by atoms with Gasteiger partial charge in [0.25, 0.3) is 0 Å². The van der Waals surface area contributed by atoms with Gasteiger partial charge in [0.2, 0.25) is 10.0 Å². The first-order valence-corrected chi connectivity index (χ1v) is 11.4. The molecule has 6 nitrogen and oxygen atoms in total. The van der Waals surface area contributed by atoms with E-state index < -0.39 is 16.0 Å². The average molecular weight is 417 g/mol. The van der Waals surface area contributed by atoms with Crippen molar-refractivity contribution in [2.75, 3.05) is 11.0 Å². The predicted molar refractivity (Wildman–Crippen MR) is 111 cm³/mol. The van der Waals surface area contributed by atoms with Gasteiger partial charge in [-0.25, -0.2) is 18.2 Å². The molecule has 1 heterocycles. The number of nitrogens with zero attached hydrogens (tertiary/aromatic N) is 1. The molecule has 2 aromatic carbocycles. The van der Waals surface area contributed by atoms with Crippen molar-refractivity contribution < 1.29 is 17.9 Å². The fourth-order valence-electron chi connectivity index (χ4n) is 2.54. The quantitative estimate of drug-likeness (QED) is 0.586. The maximum Gasteiger partial charge on any atom is 0.338 e. The Kier molecular flexibility index (Phi) is 6.11. The normalized spacial score (nSPS) is 11.2. The number of nitrogens with one attached hydrogen (secondary N) is 1. The summed E-state index contributed by atoms with van der Waals surface area (Å²) in [6, 6.07) is 14.4. The van der Waals surface area contributed by atoms with Crippen LogP contribution in [-0.4, -0.2) is 25.6 Å². The Labute approximate surface area is 168 Å². The minimum Gasteiger partial charge on any atom is -0.456 e. The first kappa shape index (κ1) is 20.0. The molecule has 0 amide bonds. The number of anilines is 1. The molecule has 0 fully saturated rings. The van der Waals surface area contributed by atoms with Crippen LogP contribution in [0, 0.1) is 0 Å². The highest BCUT2D eigenvalue weighted by Crippen LogP contribution is 2.24. The topological polar surface area (TPSA) is 85.4 Å². The number of hydrogen-bond donors (Lipinski definition) is 1. The van der Waals surface area contributed by atoms with Gasteiger partial charge in [-0.2, -0.15) is 0 Å². The lowest BCUT2D eigenvalue weighted by molar-refractivity contribution is 0.0468. The molecular weight excluding hydrogens is 396 g/mol. The van der Waals surface area contributed by atoms with Gasteiger partial charge in [-0.05, 0) is 30.2 Å². The molecule has 0 atom stereocenters. The molecular formula is C20H20N2O4S2. The van der Waals surface area contributed by atoms with Crippen LogP contribution in [0.2, 0.25) is 0 Å². The highest BCUT2D eigenvalue weighted by Gasteiger charge is 2.12. The second kappa shape index (κ2) is 8.53. The number of ether oxygens (including phenoxy) is 1. The first-order valence-electron chi connectivity index (χ1n) is 8.63. The van der Waals surface area contributed by atoms with E-state index in [9.17, 15) is 13.2 Å². The van der Waals surface area contributed by atoms with E-state index in [-0.39, 0.29) is 12.2 Å². The summed E-state index contributed by atoms with van der Waals surface area (Å²) in [6.07, 6.45) is 2.04. The van der Waals surface area contributed by atoms with Gasteiger partial charge >= 0.3 is 5.97 Å². The zero-order chi connectivity index (χ0) is 20.1. The van der Waals surface area contributed by atoms with Crippen LogP contribution in [0.5, 0.6) is 0 Å². The average Bonchev–Trinajstić information content (AvgIpc) is 3.14. The van der Waals surface area contributed by atoms with E-state index in [1.807, 2.05) is 17.5 Å². The van der Waals surface area contributed by atoms with Crippen LogP contribution in [0.4, 0.5) is 5.69 Å².